The number of piperidine rings is 1. The second kappa shape index (κ2) is 10.8. The van der Waals surface area contributed by atoms with Gasteiger partial charge in [0.25, 0.3) is 5.91 Å². The molecule has 0 radical (unpaired) electrons. The minimum atomic E-state index is -3.60. The lowest BCUT2D eigenvalue weighted by Crippen LogP contribution is -2.36. The molecule has 1 N–H and O–H groups in total. The summed E-state index contributed by atoms with van der Waals surface area (Å²) in [6, 6.07) is 10.5. The Labute approximate surface area is 190 Å². The van der Waals surface area contributed by atoms with Crippen LogP contribution >= 0.6 is 0 Å². The number of methoxy groups -OCH3 is 1. The van der Waals surface area contributed by atoms with Crippen LogP contribution in [-0.4, -0.2) is 52.0 Å². The molecule has 2 aromatic carbocycles. The monoisotopic (exact) mass is 460 g/mol. The number of benzene rings is 2. The van der Waals surface area contributed by atoms with Crippen LogP contribution < -0.4 is 14.8 Å². The summed E-state index contributed by atoms with van der Waals surface area (Å²) >= 11 is 0. The summed E-state index contributed by atoms with van der Waals surface area (Å²) < 4.78 is 38.6. The van der Waals surface area contributed by atoms with Crippen LogP contribution in [0, 0.1) is 6.92 Å². The van der Waals surface area contributed by atoms with Crippen LogP contribution in [0.15, 0.2) is 41.3 Å². The lowest BCUT2D eigenvalue weighted by Gasteiger charge is -2.26. The molecule has 8 heteroatoms. The standard InChI is InChI=1S/C24H32N2O5S/c1-4-31-22-16-19(9-11-21(22)30-3)12-13-25-24(27)20-10-8-18(2)23(17-20)32(28,29)26-14-6-5-7-15-26/h8-11,16-17H,4-7,12-15H2,1-3H3,(H,25,27). The molecule has 0 bridgehead atoms. The molecule has 2 aromatic rings. The number of rotatable bonds is 9. The molecule has 1 amide bonds. The fraction of sp³-hybridized carbons (Fsp3) is 0.458. The van der Waals surface area contributed by atoms with Gasteiger partial charge in [-0.25, -0.2) is 8.42 Å². The van der Waals surface area contributed by atoms with Gasteiger partial charge in [-0.3, -0.25) is 4.79 Å². The Kier molecular flexibility index (Phi) is 8.15. The molecule has 1 saturated heterocycles. The number of nitrogens with zero attached hydrogens (tertiary/aromatic N) is 1. The molecule has 0 atom stereocenters. The van der Waals surface area contributed by atoms with Crippen molar-refractivity contribution >= 4 is 15.9 Å². The zero-order chi connectivity index (χ0) is 23.1. The van der Waals surface area contributed by atoms with Crippen molar-refractivity contribution < 1.29 is 22.7 Å². The van der Waals surface area contributed by atoms with E-state index in [2.05, 4.69) is 5.32 Å². The number of sulfonamides is 1. The summed E-state index contributed by atoms with van der Waals surface area (Å²) in [6.45, 7) is 5.69. The lowest BCUT2D eigenvalue weighted by molar-refractivity contribution is 0.0954. The molecular weight excluding hydrogens is 428 g/mol. The van der Waals surface area contributed by atoms with Crippen LogP contribution in [0.25, 0.3) is 0 Å². The van der Waals surface area contributed by atoms with Crippen LogP contribution in [0.3, 0.4) is 0 Å². The smallest absolute Gasteiger partial charge is 0.251 e. The van der Waals surface area contributed by atoms with Crippen LogP contribution in [0.4, 0.5) is 0 Å². The van der Waals surface area contributed by atoms with E-state index >= 15 is 0 Å². The molecule has 0 unspecified atom stereocenters. The van der Waals surface area contributed by atoms with E-state index in [1.54, 1.807) is 26.2 Å². The van der Waals surface area contributed by atoms with E-state index < -0.39 is 10.0 Å². The summed E-state index contributed by atoms with van der Waals surface area (Å²) in [5, 5.41) is 2.89. The number of nitrogens with one attached hydrogen (secondary N) is 1. The van der Waals surface area contributed by atoms with E-state index in [0.717, 1.165) is 24.8 Å². The maximum absolute atomic E-state index is 13.1. The van der Waals surface area contributed by atoms with Crippen LogP contribution in [0.1, 0.15) is 47.7 Å². The highest BCUT2D eigenvalue weighted by atomic mass is 32.2. The van der Waals surface area contributed by atoms with Crippen molar-refractivity contribution in [3.63, 3.8) is 0 Å². The van der Waals surface area contributed by atoms with Crippen molar-refractivity contribution in [2.24, 2.45) is 0 Å². The fourth-order valence-electron chi connectivity index (χ4n) is 3.83. The van der Waals surface area contributed by atoms with Crippen molar-refractivity contribution in [3.05, 3.63) is 53.1 Å². The number of hydrogen-bond acceptors (Lipinski definition) is 5. The van der Waals surface area contributed by atoms with Crippen molar-refractivity contribution in [1.29, 1.82) is 0 Å². The molecule has 174 valence electrons. The van der Waals surface area contributed by atoms with E-state index in [1.165, 1.54) is 10.4 Å². The van der Waals surface area contributed by atoms with E-state index in [0.29, 0.717) is 55.3 Å². The average Bonchev–Trinajstić information content (AvgIpc) is 2.80. The third kappa shape index (κ3) is 5.61. The molecule has 0 aliphatic carbocycles. The van der Waals surface area contributed by atoms with Gasteiger partial charge in [0, 0.05) is 25.2 Å². The van der Waals surface area contributed by atoms with Crippen LogP contribution in [0.5, 0.6) is 11.5 Å². The van der Waals surface area contributed by atoms with Gasteiger partial charge in [0.05, 0.1) is 18.6 Å². The summed E-state index contributed by atoms with van der Waals surface area (Å²) in [4.78, 5) is 12.9. The average molecular weight is 461 g/mol. The SMILES string of the molecule is CCOc1cc(CCNC(=O)c2ccc(C)c(S(=O)(=O)N3CCCCC3)c2)ccc1OC. The third-order valence-electron chi connectivity index (χ3n) is 5.61. The zero-order valence-corrected chi connectivity index (χ0v) is 19.8. The first-order chi connectivity index (χ1) is 15.4. The molecule has 7 nitrogen and oxygen atoms in total. The predicted octanol–water partition coefficient (Wildman–Crippen LogP) is 3.55. The van der Waals surface area contributed by atoms with Gasteiger partial charge >= 0.3 is 0 Å². The molecule has 3 rings (SSSR count). The Morgan fingerprint density at radius 1 is 1.06 bits per heavy atom. The molecule has 1 aliphatic rings. The van der Waals surface area contributed by atoms with E-state index in [1.807, 2.05) is 25.1 Å². The van der Waals surface area contributed by atoms with Crippen LogP contribution in [-0.2, 0) is 16.4 Å². The number of aryl methyl sites for hydroxylation is 1. The highest BCUT2D eigenvalue weighted by Gasteiger charge is 2.28. The van der Waals surface area contributed by atoms with Gasteiger partial charge < -0.3 is 14.8 Å². The van der Waals surface area contributed by atoms with Crippen molar-refractivity contribution in [2.75, 3.05) is 33.4 Å². The first-order valence-corrected chi connectivity index (χ1v) is 12.5. The Hall–Kier alpha value is -2.58. The van der Waals surface area contributed by atoms with Crippen molar-refractivity contribution in [3.8, 4) is 11.5 Å². The molecule has 0 aromatic heterocycles. The zero-order valence-electron chi connectivity index (χ0n) is 19.0. The van der Waals surface area contributed by atoms with Crippen molar-refractivity contribution in [1.82, 2.24) is 9.62 Å². The van der Waals surface area contributed by atoms with Gasteiger partial charge in [0.15, 0.2) is 11.5 Å². The summed E-state index contributed by atoms with van der Waals surface area (Å²) in [5.41, 5.74) is 2.00. The van der Waals surface area contributed by atoms with Gasteiger partial charge in [-0.15, -0.1) is 0 Å². The second-order valence-electron chi connectivity index (χ2n) is 7.87. The van der Waals surface area contributed by atoms with Gasteiger partial charge in [0.1, 0.15) is 0 Å². The minimum Gasteiger partial charge on any atom is -0.493 e. The summed E-state index contributed by atoms with van der Waals surface area (Å²) in [6.07, 6.45) is 3.40. The number of ether oxygens (including phenoxy) is 2. The molecule has 1 heterocycles. The molecule has 0 spiro atoms. The maximum atomic E-state index is 13.1. The van der Waals surface area contributed by atoms with Gasteiger partial charge in [-0.1, -0.05) is 18.6 Å². The highest BCUT2D eigenvalue weighted by Crippen LogP contribution is 2.28. The first kappa shape index (κ1) is 24.1. The van der Waals surface area contributed by atoms with Crippen LogP contribution in [0.2, 0.25) is 0 Å². The van der Waals surface area contributed by atoms with Crippen molar-refractivity contribution in [2.45, 2.75) is 44.4 Å². The second-order valence-corrected chi connectivity index (χ2v) is 9.78. The summed E-state index contributed by atoms with van der Waals surface area (Å²) in [7, 11) is -2.01. The normalized spacial score (nSPS) is 14.7. The Morgan fingerprint density at radius 2 is 1.81 bits per heavy atom. The number of carbonyl (C=O) groups is 1. The van der Waals surface area contributed by atoms with Gasteiger partial charge in [0.2, 0.25) is 10.0 Å². The van der Waals surface area contributed by atoms with Gasteiger partial charge in [-0.05, 0) is 68.5 Å². The maximum Gasteiger partial charge on any atom is 0.251 e. The quantitative estimate of drug-likeness (QED) is 0.619. The first-order valence-electron chi connectivity index (χ1n) is 11.1. The lowest BCUT2D eigenvalue weighted by atomic mass is 10.1. The summed E-state index contributed by atoms with van der Waals surface area (Å²) in [5.74, 6) is 1.05. The molecule has 1 aliphatic heterocycles. The minimum absolute atomic E-state index is 0.212. The fourth-order valence-corrected chi connectivity index (χ4v) is 5.60. The van der Waals surface area contributed by atoms with Gasteiger partial charge in [-0.2, -0.15) is 4.31 Å². The Bertz CT molecular complexity index is 1050. The Balaban J connectivity index is 1.67. The molecule has 32 heavy (non-hydrogen) atoms. The molecular formula is C24H32N2O5S. The van der Waals surface area contributed by atoms with E-state index in [9.17, 15) is 13.2 Å². The third-order valence-corrected chi connectivity index (χ3v) is 7.65. The largest absolute Gasteiger partial charge is 0.493 e. The van der Waals surface area contributed by atoms with E-state index in [-0.39, 0.29) is 10.8 Å². The number of amides is 1. The predicted molar refractivity (Wildman–Crippen MR) is 124 cm³/mol. The Morgan fingerprint density at radius 3 is 2.50 bits per heavy atom. The van der Waals surface area contributed by atoms with E-state index in [4.69, 9.17) is 9.47 Å². The number of carbonyl (C=O) groups excluding carboxylic acids is 1. The topological polar surface area (TPSA) is 84.9 Å². The molecule has 0 saturated carbocycles. The highest BCUT2D eigenvalue weighted by molar-refractivity contribution is 7.89. The molecule has 1 fully saturated rings. The number of hydrogen-bond donors (Lipinski definition) is 1.